The van der Waals surface area contributed by atoms with Crippen LogP contribution < -0.4 is 9.88 Å². The van der Waals surface area contributed by atoms with Gasteiger partial charge in [-0.2, -0.15) is 0 Å². The monoisotopic (exact) mass is 289 g/mol. The standard InChI is InChI=1S/C12H16ClNO3S/c13-9-6-7-11(12(8-9)18(14,15)16)17-10-4-2-1-3-5-10/h6-8,10H,1-5H2,(H2,14,15,16). The van der Waals surface area contributed by atoms with E-state index in [1.54, 1.807) is 12.1 Å². The van der Waals surface area contributed by atoms with Gasteiger partial charge < -0.3 is 4.74 Å². The smallest absolute Gasteiger partial charge is 0.241 e. The van der Waals surface area contributed by atoms with Crippen LogP contribution in [0.15, 0.2) is 23.1 Å². The van der Waals surface area contributed by atoms with E-state index in [1.807, 2.05) is 0 Å². The van der Waals surface area contributed by atoms with Crippen molar-refractivity contribution in [2.45, 2.75) is 43.1 Å². The normalized spacial score (nSPS) is 17.7. The topological polar surface area (TPSA) is 69.4 Å². The van der Waals surface area contributed by atoms with Gasteiger partial charge in [-0.1, -0.05) is 18.0 Å². The lowest BCUT2D eigenvalue weighted by Gasteiger charge is -2.24. The molecule has 0 saturated heterocycles. The second-order valence-corrected chi connectivity index (χ2v) is 6.48. The summed E-state index contributed by atoms with van der Waals surface area (Å²) in [5.41, 5.74) is 0. The largest absolute Gasteiger partial charge is 0.489 e. The molecule has 0 amide bonds. The minimum absolute atomic E-state index is 0.0411. The molecule has 0 aromatic heterocycles. The number of halogens is 1. The first kappa shape index (κ1) is 13.6. The zero-order valence-electron chi connectivity index (χ0n) is 9.93. The maximum atomic E-state index is 11.5. The first-order chi connectivity index (χ1) is 8.47. The fraction of sp³-hybridized carbons (Fsp3) is 0.500. The Balaban J connectivity index is 2.26. The molecule has 100 valence electrons. The van der Waals surface area contributed by atoms with E-state index in [0.29, 0.717) is 10.8 Å². The molecule has 0 aliphatic heterocycles. The SMILES string of the molecule is NS(=O)(=O)c1cc(Cl)ccc1OC1CCCCC1. The van der Waals surface area contributed by atoms with E-state index in [9.17, 15) is 8.42 Å². The summed E-state index contributed by atoms with van der Waals surface area (Å²) in [4.78, 5) is -0.0411. The molecule has 1 fully saturated rings. The fourth-order valence-corrected chi connectivity index (χ4v) is 3.09. The highest BCUT2D eigenvalue weighted by molar-refractivity contribution is 7.89. The summed E-state index contributed by atoms with van der Waals surface area (Å²) >= 11 is 5.79. The van der Waals surface area contributed by atoms with Crippen LogP contribution >= 0.6 is 11.6 Å². The lowest BCUT2D eigenvalue weighted by molar-refractivity contribution is 0.151. The van der Waals surface area contributed by atoms with Crippen molar-refractivity contribution >= 4 is 21.6 Å². The predicted octanol–water partition coefficient (Wildman–Crippen LogP) is 2.70. The van der Waals surface area contributed by atoms with Gasteiger partial charge in [-0.15, -0.1) is 0 Å². The number of hydrogen-bond acceptors (Lipinski definition) is 3. The van der Waals surface area contributed by atoms with Gasteiger partial charge in [0.1, 0.15) is 10.6 Å². The molecule has 0 radical (unpaired) electrons. The Morgan fingerprint density at radius 1 is 1.22 bits per heavy atom. The summed E-state index contributed by atoms with van der Waals surface area (Å²) in [5, 5.41) is 5.49. The predicted molar refractivity (Wildman–Crippen MR) is 70.3 cm³/mol. The van der Waals surface area contributed by atoms with Crippen LogP contribution in [-0.4, -0.2) is 14.5 Å². The third-order valence-corrected chi connectivity index (χ3v) is 4.23. The molecule has 1 aromatic rings. The molecular formula is C12H16ClNO3S. The van der Waals surface area contributed by atoms with Crippen molar-refractivity contribution < 1.29 is 13.2 Å². The highest BCUT2D eigenvalue weighted by atomic mass is 35.5. The number of rotatable bonds is 3. The summed E-state index contributed by atoms with van der Waals surface area (Å²) in [6.45, 7) is 0. The Morgan fingerprint density at radius 2 is 1.89 bits per heavy atom. The fourth-order valence-electron chi connectivity index (χ4n) is 2.16. The van der Waals surface area contributed by atoms with Crippen molar-refractivity contribution in [2.75, 3.05) is 0 Å². The molecule has 0 atom stereocenters. The van der Waals surface area contributed by atoms with Crippen LogP contribution in [0.5, 0.6) is 5.75 Å². The Morgan fingerprint density at radius 3 is 2.50 bits per heavy atom. The Hall–Kier alpha value is -0.780. The highest BCUT2D eigenvalue weighted by Gasteiger charge is 2.20. The average Bonchev–Trinajstić information content (AvgIpc) is 2.31. The maximum absolute atomic E-state index is 11.5. The zero-order valence-corrected chi connectivity index (χ0v) is 11.5. The highest BCUT2D eigenvalue weighted by Crippen LogP contribution is 2.30. The van der Waals surface area contributed by atoms with Crippen LogP contribution in [0, 0.1) is 0 Å². The number of benzene rings is 1. The average molecular weight is 290 g/mol. The van der Waals surface area contributed by atoms with Crippen molar-refractivity contribution in [2.24, 2.45) is 5.14 Å². The summed E-state index contributed by atoms with van der Waals surface area (Å²) in [7, 11) is -3.82. The van der Waals surface area contributed by atoms with Crippen molar-refractivity contribution in [3.8, 4) is 5.75 Å². The molecule has 0 spiro atoms. The molecule has 6 heteroatoms. The van der Waals surface area contributed by atoms with E-state index in [2.05, 4.69) is 0 Å². The molecule has 0 bridgehead atoms. The Bertz CT molecular complexity index is 524. The quantitative estimate of drug-likeness (QED) is 0.930. The van der Waals surface area contributed by atoms with Gasteiger partial charge in [0, 0.05) is 5.02 Å². The maximum Gasteiger partial charge on any atom is 0.241 e. The zero-order chi connectivity index (χ0) is 13.2. The molecule has 18 heavy (non-hydrogen) atoms. The Kier molecular flexibility index (Phi) is 4.14. The summed E-state index contributed by atoms with van der Waals surface area (Å²) in [6.07, 6.45) is 5.41. The van der Waals surface area contributed by atoms with E-state index < -0.39 is 10.0 Å². The van der Waals surface area contributed by atoms with Gasteiger partial charge in [-0.25, -0.2) is 13.6 Å². The number of nitrogens with two attached hydrogens (primary N) is 1. The number of sulfonamides is 1. The third-order valence-electron chi connectivity index (χ3n) is 3.06. The Labute approximate surface area is 112 Å². The molecule has 1 saturated carbocycles. The van der Waals surface area contributed by atoms with Gasteiger partial charge >= 0.3 is 0 Å². The van der Waals surface area contributed by atoms with Crippen molar-refractivity contribution in [1.82, 2.24) is 0 Å². The molecule has 1 aliphatic carbocycles. The van der Waals surface area contributed by atoms with Gasteiger partial charge in [-0.3, -0.25) is 0 Å². The molecule has 1 aromatic carbocycles. The van der Waals surface area contributed by atoms with E-state index in [0.717, 1.165) is 25.7 Å². The lowest BCUT2D eigenvalue weighted by atomic mass is 9.98. The molecule has 1 aliphatic rings. The summed E-state index contributed by atoms with van der Waals surface area (Å²) in [6, 6.07) is 4.50. The van der Waals surface area contributed by atoms with Gasteiger partial charge in [0.15, 0.2) is 0 Å². The van der Waals surface area contributed by atoms with Crippen molar-refractivity contribution in [3.63, 3.8) is 0 Å². The van der Waals surface area contributed by atoms with E-state index in [4.69, 9.17) is 21.5 Å². The van der Waals surface area contributed by atoms with Gasteiger partial charge in [0.2, 0.25) is 10.0 Å². The summed E-state index contributed by atoms with van der Waals surface area (Å²) < 4.78 is 28.7. The van der Waals surface area contributed by atoms with Crippen molar-refractivity contribution in [3.05, 3.63) is 23.2 Å². The first-order valence-corrected chi connectivity index (χ1v) is 7.88. The molecule has 0 heterocycles. The molecule has 2 rings (SSSR count). The second-order valence-electron chi connectivity index (χ2n) is 4.51. The molecule has 2 N–H and O–H groups in total. The van der Waals surface area contributed by atoms with E-state index in [-0.39, 0.29) is 11.0 Å². The van der Waals surface area contributed by atoms with Gasteiger partial charge in [-0.05, 0) is 43.9 Å². The third kappa shape index (κ3) is 3.37. The molecule has 4 nitrogen and oxygen atoms in total. The van der Waals surface area contributed by atoms with Crippen LogP contribution in [0.2, 0.25) is 5.02 Å². The van der Waals surface area contributed by atoms with Crippen LogP contribution in [0.25, 0.3) is 0 Å². The number of hydrogen-bond donors (Lipinski definition) is 1. The minimum atomic E-state index is -3.82. The number of ether oxygens (including phenoxy) is 1. The van der Waals surface area contributed by atoms with Crippen molar-refractivity contribution in [1.29, 1.82) is 0 Å². The molecule has 0 unspecified atom stereocenters. The lowest BCUT2D eigenvalue weighted by Crippen LogP contribution is -2.22. The second kappa shape index (κ2) is 5.47. The van der Waals surface area contributed by atoms with E-state index in [1.165, 1.54) is 12.5 Å². The van der Waals surface area contributed by atoms with E-state index >= 15 is 0 Å². The van der Waals surface area contributed by atoms with Crippen LogP contribution in [0.4, 0.5) is 0 Å². The first-order valence-electron chi connectivity index (χ1n) is 5.96. The van der Waals surface area contributed by atoms with Crippen LogP contribution in [0.3, 0.4) is 0 Å². The molecular weight excluding hydrogens is 274 g/mol. The van der Waals surface area contributed by atoms with Gasteiger partial charge in [0.05, 0.1) is 6.10 Å². The number of primary sulfonamides is 1. The van der Waals surface area contributed by atoms with Gasteiger partial charge in [0.25, 0.3) is 0 Å². The minimum Gasteiger partial charge on any atom is -0.489 e. The van der Waals surface area contributed by atoms with Crippen LogP contribution in [-0.2, 0) is 10.0 Å². The summed E-state index contributed by atoms with van der Waals surface area (Å²) in [5.74, 6) is 0.300. The van der Waals surface area contributed by atoms with Crippen LogP contribution in [0.1, 0.15) is 32.1 Å².